The van der Waals surface area contributed by atoms with Gasteiger partial charge in [-0.25, -0.2) is 0 Å². The van der Waals surface area contributed by atoms with Crippen LogP contribution in [0, 0.1) is 11.8 Å². The van der Waals surface area contributed by atoms with Crippen LogP contribution in [0.1, 0.15) is 47.5 Å². The molecule has 0 aromatic heterocycles. The van der Waals surface area contributed by atoms with Crippen LogP contribution in [-0.4, -0.2) is 37.4 Å². The molecule has 132 valence electrons. The summed E-state index contributed by atoms with van der Waals surface area (Å²) in [6.07, 6.45) is 1.89. The van der Waals surface area contributed by atoms with Gasteiger partial charge in [0.05, 0.1) is 0 Å². The van der Waals surface area contributed by atoms with E-state index in [4.69, 9.17) is 9.47 Å². The molecule has 3 nitrogen and oxygen atoms in total. The second kappa shape index (κ2) is 9.29. The molecule has 0 radical (unpaired) electrons. The van der Waals surface area contributed by atoms with E-state index < -0.39 is 5.72 Å². The van der Waals surface area contributed by atoms with Crippen molar-refractivity contribution in [2.24, 2.45) is 11.8 Å². The third kappa shape index (κ3) is 5.82. The maximum atomic E-state index is 6.44. The van der Waals surface area contributed by atoms with E-state index in [-0.39, 0.29) is 6.10 Å². The highest BCUT2D eigenvalue weighted by atomic mass is 16.6. The van der Waals surface area contributed by atoms with E-state index in [1.807, 2.05) is 30.3 Å². The first kappa shape index (κ1) is 20.0. The number of para-hydroxylation sites is 1. The summed E-state index contributed by atoms with van der Waals surface area (Å²) in [7, 11) is 4.19. The Kier molecular flexibility index (Phi) is 8.07. The van der Waals surface area contributed by atoms with Gasteiger partial charge in [0.25, 0.3) is 0 Å². The summed E-state index contributed by atoms with van der Waals surface area (Å²) in [5.41, 5.74) is -0.414. The van der Waals surface area contributed by atoms with Crippen molar-refractivity contribution in [2.45, 2.75) is 59.3 Å². The second-order valence-electron chi connectivity index (χ2n) is 7.32. The molecule has 1 rings (SSSR count). The predicted molar refractivity (Wildman–Crippen MR) is 97.8 cm³/mol. The van der Waals surface area contributed by atoms with Crippen LogP contribution < -0.4 is 4.74 Å². The standard InChI is InChI=1S/C20H35NO2/c1-8-22-20(21(6)7,15-17(4)5)19(14-16(2)3)23-18-12-10-9-11-13-18/h9-13,16-17,19H,8,14-15H2,1-7H3. The molecule has 0 amide bonds. The first-order valence-corrected chi connectivity index (χ1v) is 8.84. The highest BCUT2D eigenvalue weighted by Crippen LogP contribution is 2.34. The van der Waals surface area contributed by atoms with E-state index >= 15 is 0 Å². The Morgan fingerprint density at radius 3 is 2.04 bits per heavy atom. The molecule has 0 aliphatic carbocycles. The third-order valence-corrected chi connectivity index (χ3v) is 4.06. The fraction of sp³-hybridized carbons (Fsp3) is 0.700. The minimum absolute atomic E-state index is 0.0118. The molecule has 0 bridgehead atoms. The molecule has 0 saturated heterocycles. The monoisotopic (exact) mass is 321 g/mol. The van der Waals surface area contributed by atoms with Gasteiger partial charge in [-0.05, 0) is 57.8 Å². The smallest absolute Gasteiger partial charge is 0.158 e. The molecular weight excluding hydrogens is 286 g/mol. The second-order valence-corrected chi connectivity index (χ2v) is 7.32. The van der Waals surface area contributed by atoms with Gasteiger partial charge in [-0.2, -0.15) is 0 Å². The number of hydrogen-bond acceptors (Lipinski definition) is 3. The summed E-state index contributed by atoms with van der Waals surface area (Å²) >= 11 is 0. The van der Waals surface area contributed by atoms with Gasteiger partial charge < -0.3 is 9.47 Å². The maximum Gasteiger partial charge on any atom is 0.158 e. The molecule has 23 heavy (non-hydrogen) atoms. The van der Waals surface area contributed by atoms with Crippen LogP contribution in [0.25, 0.3) is 0 Å². The van der Waals surface area contributed by atoms with Gasteiger partial charge >= 0.3 is 0 Å². The van der Waals surface area contributed by atoms with Gasteiger partial charge in [0.1, 0.15) is 11.9 Å². The SMILES string of the molecule is CCOC(CC(C)C)(C(CC(C)C)Oc1ccccc1)N(C)C. The zero-order valence-corrected chi connectivity index (χ0v) is 16.0. The Bertz CT molecular complexity index is 431. The number of nitrogens with zero attached hydrogens (tertiary/aromatic N) is 1. The number of rotatable bonds is 10. The first-order chi connectivity index (χ1) is 10.8. The van der Waals surface area contributed by atoms with Crippen LogP contribution in [0.2, 0.25) is 0 Å². The topological polar surface area (TPSA) is 21.7 Å². The van der Waals surface area contributed by atoms with E-state index in [2.05, 4.69) is 53.6 Å². The van der Waals surface area contributed by atoms with Crippen molar-refractivity contribution in [3.63, 3.8) is 0 Å². The van der Waals surface area contributed by atoms with Crippen molar-refractivity contribution in [2.75, 3.05) is 20.7 Å². The fourth-order valence-electron chi connectivity index (χ4n) is 3.13. The number of hydrogen-bond donors (Lipinski definition) is 0. The zero-order valence-electron chi connectivity index (χ0n) is 16.0. The van der Waals surface area contributed by atoms with Gasteiger partial charge in [0.2, 0.25) is 0 Å². The van der Waals surface area contributed by atoms with Gasteiger partial charge in [-0.15, -0.1) is 0 Å². The van der Waals surface area contributed by atoms with Crippen molar-refractivity contribution >= 4 is 0 Å². The summed E-state index contributed by atoms with van der Waals surface area (Å²) in [5, 5.41) is 0. The normalized spacial score (nSPS) is 15.9. The fourth-order valence-corrected chi connectivity index (χ4v) is 3.13. The van der Waals surface area contributed by atoms with Crippen molar-refractivity contribution < 1.29 is 9.47 Å². The van der Waals surface area contributed by atoms with Gasteiger partial charge in [0, 0.05) is 6.61 Å². The summed E-state index contributed by atoms with van der Waals surface area (Å²) in [6, 6.07) is 10.1. The minimum atomic E-state index is -0.414. The third-order valence-electron chi connectivity index (χ3n) is 4.06. The molecule has 0 saturated carbocycles. The van der Waals surface area contributed by atoms with Gasteiger partial charge in [0.15, 0.2) is 5.72 Å². The quantitative estimate of drug-likeness (QED) is 0.577. The van der Waals surface area contributed by atoms with Crippen LogP contribution in [0.3, 0.4) is 0 Å². The van der Waals surface area contributed by atoms with Crippen LogP contribution in [0.5, 0.6) is 5.75 Å². The van der Waals surface area contributed by atoms with Crippen molar-refractivity contribution in [1.82, 2.24) is 4.90 Å². The lowest BCUT2D eigenvalue weighted by Gasteiger charge is -2.46. The Morgan fingerprint density at radius 1 is 1.00 bits per heavy atom. The highest BCUT2D eigenvalue weighted by Gasteiger charge is 2.44. The Hall–Kier alpha value is -1.06. The molecule has 1 aromatic rings. The lowest BCUT2D eigenvalue weighted by molar-refractivity contribution is -0.202. The average Bonchev–Trinajstić information content (AvgIpc) is 2.46. The molecular formula is C20H35NO2. The van der Waals surface area contributed by atoms with Crippen LogP contribution in [0.15, 0.2) is 30.3 Å². The lowest BCUT2D eigenvalue weighted by Crippen LogP contribution is -2.59. The molecule has 1 aromatic carbocycles. The van der Waals surface area contributed by atoms with Crippen LogP contribution in [-0.2, 0) is 4.74 Å². The van der Waals surface area contributed by atoms with Crippen LogP contribution in [0.4, 0.5) is 0 Å². The molecule has 0 N–H and O–H groups in total. The Balaban J connectivity index is 3.18. The Labute approximate surface area is 143 Å². The number of likely N-dealkylation sites (N-methyl/N-ethyl adjacent to an activating group) is 1. The number of benzene rings is 1. The summed E-state index contributed by atoms with van der Waals surface area (Å²) in [6.45, 7) is 11.7. The minimum Gasteiger partial charge on any atom is -0.486 e. The lowest BCUT2D eigenvalue weighted by atomic mass is 9.88. The van der Waals surface area contributed by atoms with E-state index in [1.54, 1.807) is 0 Å². The van der Waals surface area contributed by atoms with Crippen molar-refractivity contribution in [3.05, 3.63) is 30.3 Å². The average molecular weight is 322 g/mol. The van der Waals surface area contributed by atoms with E-state index in [0.29, 0.717) is 18.4 Å². The molecule has 2 unspecified atom stereocenters. The van der Waals surface area contributed by atoms with E-state index in [1.165, 1.54) is 0 Å². The van der Waals surface area contributed by atoms with Gasteiger partial charge in [-0.1, -0.05) is 45.9 Å². The molecule has 2 atom stereocenters. The van der Waals surface area contributed by atoms with E-state index in [9.17, 15) is 0 Å². The summed E-state index contributed by atoms with van der Waals surface area (Å²) < 4.78 is 12.8. The van der Waals surface area contributed by atoms with Crippen molar-refractivity contribution in [3.8, 4) is 5.75 Å². The molecule has 0 heterocycles. The first-order valence-electron chi connectivity index (χ1n) is 8.84. The van der Waals surface area contributed by atoms with Crippen LogP contribution >= 0.6 is 0 Å². The predicted octanol–water partition coefficient (Wildman–Crippen LogP) is 4.82. The molecule has 0 aliphatic rings. The largest absolute Gasteiger partial charge is 0.486 e. The highest BCUT2D eigenvalue weighted by molar-refractivity contribution is 5.21. The zero-order chi connectivity index (χ0) is 17.5. The molecule has 0 fully saturated rings. The summed E-state index contributed by atoms with van der Waals surface area (Å²) in [4.78, 5) is 2.20. The maximum absolute atomic E-state index is 6.44. The van der Waals surface area contributed by atoms with Crippen molar-refractivity contribution in [1.29, 1.82) is 0 Å². The molecule has 0 spiro atoms. The van der Waals surface area contributed by atoms with Gasteiger partial charge in [-0.3, -0.25) is 4.90 Å². The molecule has 0 aliphatic heterocycles. The molecule has 3 heteroatoms. The Morgan fingerprint density at radius 2 is 1.61 bits per heavy atom. The van der Waals surface area contributed by atoms with E-state index in [0.717, 1.165) is 18.6 Å². The summed E-state index contributed by atoms with van der Waals surface area (Å²) in [5.74, 6) is 1.97. The number of ether oxygens (including phenoxy) is 2.